The van der Waals surface area contributed by atoms with Gasteiger partial charge in [-0.1, -0.05) is 19.9 Å². The number of hydrogen-bond acceptors (Lipinski definition) is 5. The minimum atomic E-state index is -3.83. The molecule has 1 heterocycles. The SMILES string of the molecule is CCCN(CCC)c1cc(N2CCNCC2)ccc1S(=O)(=O)c1cccc(F)c1. The minimum Gasteiger partial charge on any atom is -0.370 e. The Balaban J connectivity index is 2.11. The van der Waals surface area contributed by atoms with Crippen LogP contribution in [-0.2, 0) is 9.84 Å². The zero-order chi connectivity index (χ0) is 20.9. The summed E-state index contributed by atoms with van der Waals surface area (Å²) >= 11 is 0. The topological polar surface area (TPSA) is 52.6 Å². The quantitative estimate of drug-likeness (QED) is 0.707. The highest BCUT2D eigenvalue weighted by atomic mass is 32.2. The molecule has 29 heavy (non-hydrogen) atoms. The average Bonchev–Trinajstić information content (AvgIpc) is 2.74. The van der Waals surface area contributed by atoms with Gasteiger partial charge in [-0.05, 0) is 49.2 Å². The summed E-state index contributed by atoms with van der Waals surface area (Å²) in [5.41, 5.74) is 1.73. The van der Waals surface area contributed by atoms with Crippen LogP contribution in [-0.4, -0.2) is 47.7 Å². The fourth-order valence-corrected chi connectivity index (χ4v) is 5.24. The number of nitrogens with one attached hydrogen (secondary N) is 1. The van der Waals surface area contributed by atoms with Crippen LogP contribution < -0.4 is 15.1 Å². The van der Waals surface area contributed by atoms with Gasteiger partial charge in [0.1, 0.15) is 5.82 Å². The third-order valence-electron chi connectivity index (χ3n) is 5.15. The molecule has 0 radical (unpaired) electrons. The van der Waals surface area contributed by atoms with Crippen molar-refractivity contribution in [3.63, 3.8) is 0 Å². The second-order valence-electron chi connectivity index (χ2n) is 7.34. The fraction of sp³-hybridized carbons (Fsp3) is 0.455. The van der Waals surface area contributed by atoms with Gasteiger partial charge in [0.2, 0.25) is 9.84 Å². The maximum atomic E-state index is 13.7. The molecule has 1 aliphatic heterocycles. The van der Waals surface area contributed by atoms with Crippen molar-refractivity contribution in [1.82, 2.24) is 5.32 Å². The Hall–Kier alpha value is -2.12. The normalized spacial score (nSPS) is 14.8. The maximum absolute atomic E-state index is 13.7. The fourth-order valence-electron chi connectivity index (χ4n) is 3.75. The molecule has 0 amide bonds. The van der Waals surface area contributed by atoms with Crippen molar-refractivity contribution < 1.29 is 12.8 Å². The van der Waals surface area contributed by atoms with Gasteiger partial charge in [-0.2, -0.15) is 0 Å². The first kappa shape index (κ1) is 21.6. The van der Waals surface area contributed by atoms with E-state index >= 15 is 0 Å². The predicted molar refractivity (Wildman–Crippen MR) is 116 cm³/mol. The van der Waals surface area contributed by atoms with Crippen LogP contribution in [0.2, 0.25) is 0 Å². The van der Waals surface area contributed by atoms with Crippen LogP contribution in [0.3, 0.4) is 0 Å². The van der Waals surface area contributed by atoms with E-state index < -0.39 is 15.7 Å². The van der Waals surface area contributed by atoms with Crippen molar-refractivity contribution in [2.24, 2.45) is 0 Å². The smallest absolute Gasteiger partial charge is 0.208 e. The lowest BCUT2D eigenvalue weighted by atomic mass is 10.2. The number of hydrogen-bond donors (Lipinski definition) is 1. The monoisotopic (exact) mass is 419 g/mol. The highest BCUT2D eigenvalue weighted by Gasteiger charge is 2.25. The van der Waals surface area contributed by atoms with Gasteiger partial charge in [-0.25, -0.2) is 12.8 Å². The molecule has 0 bridgehead atoms. The van der Waals surface area contributed by atoms with E-state index in [0.29, 0.717) is 5.69 Å². The Kier molecular flexibility index (Phi) is 7.14. The Morgan fingerprint density at radius 2 is 1.72 bits per heavy atom. The first-order valence-corrected chi connectivity index (χ1v) is 11.8. The van der Waals surface area contributed by atoms with Crippen molar-refractivity contribution in [2.75, 3.05) is 49.1 Å². The molecule has 1 aliphatic rings. The molecule has 3 rings (SSSR count). The number of sulfone groups is 1. The molecule has 1 fully saturated rings. The third kappa shape index (κ3) is 4.90. The summed E-state index contributed by atoms with van der Waals surface area (Å²) < 4.78 is 40.5. The van der Waals surface area contributed by atoms with E-state index in [1.54, 1.807) is 6.07 Å². The Bertz CT molecular complexity index is 921. The molecule has 2 aromatic rings. The summed E-state index contributed by atoms with van der Waals surface area (Å²) in [4.78, 5) is 4.64. The van der Waals surface area contributed by atoms with Gasteiger partial charge in [0.25, 0.3) is 0 Å². The van der Waals surface area contributed by atoms with E-state index in [1.165, 1.54) is 18.2 Å². The molecule has 0 aliphatic carbocycles. The van der Waals surface area contributed by atoms with Crippen LogP contribution >= 0.6 is 0 Å². The molecule has 7 heteroatoms. The molecule has 2 aromatic carbocycles. The van der Waals surface area contributed by atoms with Gasteiger partial charge in [-0.15, -0.1) is 0 Å². The first-order chi connectivity index (χ1) is 14.0. The van der Waals surface area contributed by atoms with Crippen molar-refractivity contribution in [3.05, 3.63) is 48.3 Å². The van der Waals surface area contributed by atoms with Crippen LogP contribution in [0.25, 0.3) is 0 Å². The van der Waals surface area contributed by atoms with Crippen LogP contribution in [0.5, 0.6) is 0 Å². The van der Waals surface area contributed by atoms with Gasteiger partial charge < -0.3 is 15.1 Å². The number of piperazine rings is 1. The number of anilines is 2. The van der Waals surface area contributed by atoms with Gasteiger partial charge in [-0.3, -0.25) is 0 Å². The third-order valence-corrected chi connectivity index (χ3v) is 6.95. The summed E-state index contributed by atoms with van der Waals surface area (Å²) in [6, 6.07) is 10.8. The number of halogens is 1. The van der Waals surface area contributed by atoms with E-state index in [9.17, 15) is 12.8 Å². The van der Waals surface area contributed by atoms with Gasteiger partial charge in [0.15, 0.2) is 0 Å². The zero-order valence-electron chi connectivity index (χ0n) is 17.2. The van der Waals surface area contributed by atoms with Crippen molar-refractivity contribution in [2.45, 2.75) is 36.5 Å². The molecular formula is C22H30FN3O2S. The first-order valence-electron chi connectivity index (χ1n) is 10.3. The maximum Gasteiger partial charge on any atom is 0.208 e. The molecule has 5 nitrogen and oxygen atoms in total. The minimum absolute atomic E-state index is 0.0124. The Labute approximate surface area is 173 Å². The van der Waals surface area contributed by atoms with E-state index in [0.717, 1.165) is 63.9 Å². The highest BCUT2D eigenvalue weighted by molar-refractivity contribution is 7.91. The largest absolute Gasteiger partial charge is 0.370 e. The molecule has 0 spiro atoms. The van der Waals surface area contributed by atoms with Crippen molar-refractivity contribution in [1.29, 1.82) is 0 Å². The lowest BCUT2D eigenvalue weighted by Crippen LogP contribution is -2.43. The van der Waals surface area contributed by atoms with Crippen LogP contribution in [0.1, 0.15) is 26.7 Å². The second kappa shape index (κ2) is 9.59. The van der Waals surface area contributed by atoms with Crippen molar-refractivity contribution in [3.8, 4) is 0 Å². The number of benzene rings is 2. The lowest BCUT2D eigenvalue weighted by molar-refractivity contribution is 0.587. The van der Waals surface area contributed by atoms with Crippen LogP contribution in [0.4, 0.5) is 15.8 Å². The summed E-state index contributed by atoms with van der Waals surface area (Å²) in [7, 11) is -3.83. The van der Waals surface area contributed by atoms with E-state index in [1.807, 2.05) is 12.1 Å². The van der Waals surface area contributed by atoms with E-state index in [-0.39, 0.29) is 9.79 Å². The van der Waals surface area contributed by atoms with E-state index in [2.05, 4.69) is 29.0 Å². The summed E-state index contributed by atoms with van der Waals surface area (Å²) in [6.07, 6.45) is 1.83. The molecule has 1 N–H and O–H groups in total. The molecule has 0 saturated carbocycles. The number of rotatable bonds is 8. The molecule has 0 aromatic heterocycles. The molecule has 0 atom stereocenters. The summed E-state index contributed by atoms with van der Waals surface area (Å²) in [5, 5.41) is 3.34. The number of nitrogens with zero attached hydrogens (tertiary/aromatic N) is 2. The zero-order valence-corrected chi connectivity index (χ0v) is 18.0. The van der Waals surface area contributed by atoms with Gasteiger partial charge in [0.05, 0.1) is 15.5 Å². The predicted octanol–water partition coefficient (Wildman–Crippen LogP) is 3.69. The van der Waals surface area contributed by atoms with Gasteiger partial charge in [0, 0.05) is 45.0 Å². The summed E-state index contributed by atoms with van der Waals surface area (Å²) in [5.74, 6) is -0.552. The standard InChI is InChI=1S/C22H30FN3O2S/c1-3-12-26(13-4-2)21-17-19(25-14-10-24-11-15-25)8-9-22(21)29(27,28)20-7-5-6-18(23)16-20/h5-9,16-17,24H,3-4,10-15H2,1-2H3. The van der Waals surface area contributed by atoms with Crippen molar-refractivity contribution >= 4 is 21.2 Å². The summed E-state index contributed by atoms with van der Waals surface area (Å²) in [6.45, 7) is 9.30. The molecule has 1 saturated heterocycles. The van der Waals surface area contributed by atoms with Crippen LogP contribution in [0.15, 0.2) is 52.3 Å². The lowest BCUT2D eigenvalue weighted by Gasteiger charge is -2.32. The second-order valence-corrected chi connectivity index (χ2v) is 9.26. The van der Waals surface area contributed by atoms with Crippen LogP contribution in [0, 0.1) is 5.82 Å². The molecule has 158 valence electrons. The Morgan fingerprint density at radius 1 is 1.03 bits per heavy atom. The Morgan fingerprint density at radius 3 is 2.34 bits per heavy atom. The van der Waals surface area contributed by atoms with E-state index in [4.69, 9.17) is 0 Å². The molecule has 0 unspecified atom stereocenters. The molecular weight excluding hydrogens is 389 g/mol. The average molecular weight is 420 g/mol. The van der Waals surface area contributed by atoms with Gasteiger partial charge >= 0.3 is 0 Å². The highest BCUT2D eigenvalue weighted by Crippen LogP contribution is 2.34.